The molecule has 6 heteroatoms. The van der Waals surface area contributed by atoms with E-state index in [0.29, 0.717) is 30.2 Å². The van der Waals surface area contributed by atoms with E-state index in [4.69, 9.17) is 9.47 Å². The maximum absolute atomic E-state index is 12.8. The number of methoxy groups -OCH3 is 2. The highest BCUT2D eigenvalue weighted by atomic mass is 16.5. The maximum atomic E-state index is 12.8. The van der Waals surface area contributed by atoms with E-state index in [2.05, 4.69) is 0 Å². The topological polar surface area (TPSA) is 59.1 Å². The van der Waals surface area contributed by atoms with Crippen LogP contribution in [0.25, 0.3) is 0 Å². The van der Waals surface area contributed by atoms with Crippen molar-refractivity contribution in [3.63, 3.8) is 0 Å². The average Bonchev–Trinajstić information content (AvgIpc) is 2.51. The fourth-order valence-corrected chi connectivity index (χ4v) is 2.50. The van der Waals surface area contributed by atoms with Gasteiger partial charge in [0.25, 0.3) is 5.91 Å². The van der Waals surface area contributed by atoms with Gasteiger partial charge in [0.15, 0.2) is 0 Å². The van der Waals surface area contributed by atoms with Crippen molar-refractivity contribution >= 4 is 11.8 Å². The van der Waals surface area contributed by atoms with Crippen LogP contribution < -0.4 is 9.47 Å². The second-order valence-corrected chi connectivity index (χ2v) is 4.97. The van der Waals surface area contributed by atoms with Crippen LogP contribution in [0.2, 0.25) is 0 Å². The van der Waals surface area contributed by atoms with E-state index in [1.165, 1.54) is 14.2 Å². The van der Waals surface area contributed by atoms with Crippen molar-refractivity contribution in [1.29, 1.82) is 0 Å². The van der Waals surface area contributed by atoms with Crippen molar-refractivity contribution in [2.24, 2.45) is 0 Å². The van der Waals surface area contributed by atoms with Gasteiger partial charge in [-0.05, 0) is 19.1 Å². The Balaban J connectivity index is 2.38. The smallest absolute Gasteiger partial charge is 0.262 e. The Hall–Kier alpha value is -2.24. The number of carbonyl (C=O) groups excluding carboxylic acids is 2. The highest BCUT2D eigenvalue weighted by Gasteiger charge is 2.35. The summed E-state index contributed by atoms with van der Waals surface area (Å²) in [5, 5.41) is 0. The molecule has 114 valence electrons. The van der Waals surface area contributed by atoms with E-state index >= 15 is 0 Å². The normalized spacial score (nSPS) is 18.7. The van der Waals surface area contributed by atoms with E-state index in [0.717, 1.165) is 0 Å². The number of piperazine rings is 1. The van der Waals surface area contributed by atoms with E-state index in [-0.39, 0.29) is 11.8 Å². The van der Waals surface area contributed by atoms with Crippen molar-refractivity contribution in [2.75, 3.05) is 34.4 Å². The highest BCUT2D eigenvalue weighted by molar-refractivity contribution is 6.02. The van der Waals surface area contributed by atoms with Gasteiger partial charge in [0, 0.05) is 20.1 Å². The van der Waals surface area contributed by atoms with Crippen LogP contribution in [0, 0.1) is 0 Å². The predicted molar refractivity (Wildman–Crippen MR) is 77.7 cm³/mol. The van der Waals surface area contributed by atoms with Gasteiger partial charge >= 0.3 is 0 Å². The number of carbonyl (C=O) groups is 2. The summed E-state index contributed by atoms with van der Waals surface area (Å²) in [5.74, 6) is 0.567. The summed E-state index contributed by atoms with van der Waals surface area (Å²) in [6.07, 6.45) is 0. The number of likely N-dealkylation sites (N-methyl/N-ethyl adjacent to an activating group) is 1. The van der Waals surface area contributed by atoms with Crippen LogP contribution >= 0.6 is 0 Å². The molecule has 0 saturated carbocycles. The quantitative estimate of drug-likeness (QED) is 0.834. The zero-order valence-electron chi connectivity index (χ0n) is 12.8. The Morgan fingerprint density at radius 2 is 1.76 bits per heavy atom. The zero-order chi connectivity index (χ0) is 15.6. The first-order valence-corrected chi connectivity index (χ1v) is 6.78. The Morgan fingerprint density at radius 1 is 1.19 bits per heavy atom. The number of benzene rings is 1. The van der Waals surface area contributed by atoms with Crippen LogP contribution in [0.3, 0.4) is 0 Å². The summed E-state index contributed by atoms with van der Waals surface area (Å²) in [6.45, 7) is 2.74. The van der Waals surface area contributed by atoms with Crippen molar-refractivity contribution in [1.82, 2.24) is 9.80 Å². The minimum Gasteiger partial charge on any atom is -0.496 e. The van der Waals surface area contributed by atoms with Gasteiger partial charge in [-0.1, -0.05) is 6.07 Å². The standard InChI is InChI=1S/C15H20N2O4/c1-10-14(18)16(2)8-9-17(10)15(19)13-11(20-3)6-5-7-12(13)21-4/h5-7,10H,8-9H2,1-4H3. The second kappa shape index (κ2) is 6.03. The molecule has 1 aromatic rings. The third-order valence-corrected chi connectivity index (χ3v) is 3.78. The summed E-state index contributed by atoms with van der Waals surface area (Å²) < 4.78 is 10.5. The molecule has 1 unspecified atom stereocenters. The van der Waals surface area contributed by atoms with Crippen molar-refractivity contribution < 1.29 is 19.1 Å². The molecular weight excluding hydrogens is 272 g/mol. The number of ether oxygens (including phenoxy) is 2. The summed E-state index contributed by atoms with van der Waals surface area (Å²) in [7, 11) is 4.75. The fourth-order valence-electron chi connectivity index (χ4n) is 2.50. The molecule has 21 heavy (non-hydrogen) atoms. The molecule has 0 bridgehead atoms. The van der Waals surface area contributed by atoms with Gasteiger partial charge in [-0.15, -0.1) is 0 Å². The Morgan fingerprint density at radius 3 is 2.29 bits per heavy atom. The van der Waals surface area contributed by atoms with E-state index in [9.17, 15) is 9.59 Å². The van der Waals surface area contributed by atoms with Crippen LogP contribution in [0.5, 0.6) is 11.5 Å². The molecule has 1 aromatic carbocycles. The second-order valence-electron chi connectivity index (χ2n) is 4.97. The molecule has 1 atom stereocenters. The average molecular weight is 292 g/mol. The predicted octanol–water partition coefficient (Wildman–Crippen LogP) is 1.01. The van der Waals surface area contributed by atoms with E-state index in [1.807, 2.05) is 0 Å². The van der Waals surface area contributed by atoms with Crippen LogP contribution in [-0.4, -0.2) is 62.0 Å². The molecule has 6 nitrogen and oxygen atoms in total. The van der Waals surface area contributed by atoms with E-state index < -0.39 is 6.04 Å². The Kier molecular flexibility index (Phi) is 4.35. The number of rotatable bonds is 3. The van der Waals surface area contributed by atoms with Gasteiger partial charge < -0.3 is 19.3 Å². The van der Waals surface area contributed by atoms with Crippen LogP contribution in [0.4, 0.5) is 0 Å². The lowest BCUT2D eigenvalue weighted by Gasteiger charge is -2.37. The lowest BCUT2D eigenvalue weighted by molar-refractivity contribution is -0.137. The number of hydrogen-bond acceptors (Lipinski definition) is 4. The zero-order valence-corrected chi connectivity index (χ0v) is 12.8. The molecule has 0 N–H and O–H groups in total. The minimum atomic E-state index is -0.495. The minimum absolute atomic E-state index is 0.0662. The molecular formula is C15H20N2O4. The number of hydrogen-bond donors (Lipinski definition) is 0. The molecule has 1 aliphatic heterocycles. The largest absolute Gasteiger partial charge is 0.496 e. The molecule has 0 aliphatic carbocycles. The first-order valence-electron chi connectivity index (χ1n) is 6.78. The van der Waals surface area contributed by atoms with Gasteiger partial charge in [-0.25, -0.2) is 0 Å². The number of nitrogens with zero attached hydrogens (tertiary/aromatic N) is 2. The molecule has 2 rings (SSSR count). The molecule has 0 spiro atoms. The summed E-state index contributed by atoms with van der Waals surface area (Å²) >= 11 is 0. The molecule has 2 amide bonds. The third-order valence-electron chi connectivity index (χ3n) is 3.78. The number of amides is 2. The Bertz CT molecular complexity index is 536. The molecule has 1 aliphatic rings. The molecule has 0 aromatic heterocycles. The first-order chi connectivity index (χ1) is 10.0. The van der Waals surface area contributed by atoms with Gasteiger partial charge in [0.05, 0.1) is 14.2 Å². The molecule has 1 heterocycles. The Labute approximate surface area is 124 Å². The monoisotopic (exact) mass is 292 g/mol. The molecule has 1 saturated heterocycles. The molecule has 1 fully saturated rings. The van der Waals surface area contributed by atoms with Crippen LogP contribution in [-0.2, 0) is 4.79 Å². The van der Waals surface area contributed by atoms with Gasteiger partial charge in [0.1, 0.15) is 23.1 Å². The summed E-state index contributed by atoms with van der Waals surface area (Å²) in [5.41, 5.74) is 0.353. The summed E-state index contributed by atoms with van der Waals surface area (Å²) in [6, 6.07) is 4.68. The van der Waals surface area contributed by atoms with Gasteiger partial charge in [0.2, 0.25) is 5.91 Å². The van der Waals surface area contributed by atoms with Crippen molar-refractivity contribution in [3.8, 4) is 11.5 Å². The van der Waals surface area contributed by atoms with Crippen LogP contribution in [0.1, 0.15) is 17.3 Å². The maximum Gasteiger partial charge on any atom is 0.262 e. The first kappa shape index (κ1) is 15.2. The fraction of sp³-hybridized carbons (Fsp3) is 0.467. The van der Waals surface area contributed by atoms with Gasteiger partial charge in [-0.3, -0.25) is 9.59 Å². The SMILES string of the molecule is COc1cccc(OC)c1C(=O)N1CCN(C)C(=O)C1C. The lowest BCUT2D eigenvalue weighted by Crippen LogP contribution is -2.56. The third kappa shape index (κ3) is 2.66. The van der Waals surface area contributed by atoms with Crippen molar-refractivity contribution in [2.45, 2.75) is 13.0 Å². The summed E-state index contributed by atoms with van der Waals surface area (Å²) in [4.78, 5) is 28.1. The highest BCUT2D eigenvalue weighted by Crippen LogP contribution is 2.30. The van der Waals surface area contributed by atoms with Crippen LogP contribution in [0.15, 0.2) is 18.2 Å². The van der Waals surface area contributed by atoms with Gasteiger partial charge in [-0.2, -0.15) is 0 Å². The van der Waals surface area contributed by atoms with E-state index in [1.54, 1.807) is 42.0 Å². The van der Waals surface area contributed by atoms with Crippen molar-refractivity contribution in [3.05, 3.63) is 23.8 Å². The lowest BCUT2D eigenvalue weighted by atomic mass is 10.1. The molecule has 0 radical (unpaired) electrons.